The van der Waals surface area contributed by atoms with Crippen LogP contribution in [-0.4, -0.2) is 52.7 Å². The molecule has 4 rings (SSSR count). The Morgan fingerprint density at radius 3 is 2.64 bits per heavy atom. The maximum atomic E-state index is 12.8. The van der Waals surface area contributed by atoms with E-state index in [1.54, 1.807) is 0 Å². The van der Waals surface area contributed by atoms with Crippen LogP contribution >= 0.6 is 23.4 Å². The van der Waals surface area contributed by atoms with Gasteiger partial charge < -0.3 is 15.0 Å². The number of rotatable bonds is 8. The second kappa shape index (κ2) is 11.0. The predicted molar refractivity (Wildman–Crippen MR) is 132 cm³/mol. The fourth-order valence-electron chi connectivity index (χ4n) is 3.80. The molecule has 0 spiro atoms. The molecule has 1 amide bonds. The third-order valence-corrected chi connectivity index (χ3v) is 6.70. The molecule has 1 aliphatic heterocycles. The molecule has 0 saturated carbocycles. The van der Waals surface area contributed by atoms with Crippen LogP contribution in [0.1, 0.15) is 30.5 Å². The topological polar surface area (TPSA) is 72.3 Å². The molecule has 0 bridgehead atoms. The molecule has 0 radical (unpaired) electrons. The smallest absolute Gasteiger partial charge is 0.232 e. The van der Waals surface area contributed by atoms with Crippen molar-refractivity contribution in [1.29, 1.82) is 0 Å². The molecule has 0 aliphatic carbocycles. The minimum Gasteiger partial charge on any atom is -0.378 e. The molecule has 1 saturated heterocycles. The van der Waals surface area contributed by atoms with Crippen LogP contribution in [0.25, 0.3) is 5.69 Å². The van der Waals surface area contributed by atoms with Crippen molar-refractivity contribution in [2.45, 2.75) is 31.5 Å². The summed E-state index contributed by atoms with van der Waals surface area (Å²) in [6, 6.07) is 15.8. The standard InChI is InChI=1S/C24H28ClN5O2S/c1-3-21(18-7-9-19(25)10-8-18)26-22(31)16-33-24-28-27-23(29-11-13-32-14-12-29)30(24)20-6-4-5-17(2)15-20/h4-10,15,21H,3,11-14,16H2,1-2H3,(H,26,31). The van der Waals surface area contributed by atoms with Crippen molar-refractivity contribution in [3.8, 4) is 5.69 Å². The Morgan fingerprint density at radius 1 is 1.18 bits per heavy atom. The molecule has 1 aromatic heterocycles. The van der Waals surface area contributed by atoms with Gasteiger partial charge in [-0.25, -0.2) is 0 Å². The van der Waals surface area contributed by atoms with Gasteiger partial charge in [-0.15, -0.1) is 10.2 Å². The van der Waals surface area contributed by atoms with Crippen LogP contribution in [0.5, 0.6) is 0 Å². The van der Waals surface area contributed by atoms with Crippen LogP contribution in [0.2, 0.25) is 5.02 Å². The lowest BCUT2D eigenvalue weighted by Gasteiger charge is -2.28. The second-order valence-electron chi connectivity index (χ2n) is 7.92. The summed E-state index contributed by atoms with van der Waals surface area (Å²) in [6.07, 6.45) is 0.790. The molecule has 1 aliphatic rings. The highest BCUT2D eigenvalue weighted by Crippen LogP contribution is 2.28. The van der Waals surface area contributed by atoms with Crippen LogP contribution in [0, 0.1) is 6.92 Å². The Morgan fingerprint density at radius 2 is 1.94 bits per heavy atom. The molecule has 2 heterocycles. The van der Waals surface area contributed by atoms with E-state index in [0.29, 0.717) is 23.4 Å². The van der Waals surface area contributed by atoms with E-state index < -0.39 is 0 Å². The normalized spacial score (nSPS) is 14.8. The summed E-state index contributed by atoms with van der Waals surface area (Å²) in [6.45, 7) is 6.95. The molecule has 7 nitrogen and oxygen atoms in total. The number of ether oxygens (including phenoxy) is 1. The van der Waals surface area contributed by atoms with Gasteiger partial charge in [0.15, 0.2) is 5.16 Å². The van der Waals surface area contributed by atoms with Crippen molar-refractivity contribution in [2.24, 2.45) is 0 Å². The van der Waals surface area contributed by atoms with E-state index in [4.69, 9.17) is 16.3 Å². The van der Waals surface area contributed by atoms with Crippen molar-refractivity contribution in [2.75, 3.05) is 37.0 Å². The van der Waals surface area contributed by atoms with Gasteiger partial charge >= 0.3 is 0 Å². The number of halogens is 1. The molecule has 3 aromatic rings. The first-order valence-corrected chi connectivity index (χ1v) is 12.4. The monoisotopic (exact) mass is 485 g/mol. The van der Waals surface area contributed by atoms with Crippen molar-refractivity contribution >= 4 is 35.2 Å². The second-order valence-corrected chi connectivity index (χ2v) is 9.30. The lowest BCUT2D eigenvalue weighted by atomic mass is 10.0. The zero-order chi connectivity index (χ0) is 23.2. The van der Waals surface area contributed by atoms with Crippen LogP contribution in [0.15, 0.2) is 53.7 Å². The Hall–Kier alpha value is -2.55. The zero-order valence-corrected chi connectivity index (χ0v) is 20.4. The summed E-state index contributed by atoms with van der Waals surface area (Å²) >= 11 is 7.39. The van der Waals surface area contributed by atoms with E-state index in [1.165, 1.54) is 11.8 Å². The van der Waals surface area contributed by atoms with Crippen LogP contribution in [0.3, 0.4) is 0 Å². The first kappa shape index (κ1) is 23.6. The van der Waals surface area contributed by atoms with Gasteiger partial charge in [0.05, 0.1) is 30.7 Å². The van der Waals surface area contributed by atoms with Gasteiger partial charge in [-0.1, -0.05) is 54.6 Å². The zero-order valence-electron chi connectivity index (χ0n) is 18.8. The molecule has 33 heavy (non-hydrogen) atoms. The van der Waals surface area contributed by atoms with Crippen molar-refractivity contribution in [1.82, 2.24) is 20.1 Å². The number of benzene rings is 2. The minimum atomic E-state index is -0.0612. The number of hydrogen-bond acceptors (Lipinski definition) is 6. The SMILES string of the molecule is CCC(NC(=O)CSc1nnc(N2CCOCC2)n1-c1cccc(C)c1)c1ccc(Cl)cc1. The number of nitrogens with zero attached hydrogens (tertiary/aromatic N) is 4. The number of carbonyl (C=O) groups excluding carboxylic acids is 1. The quantitative estimate of drug-likeness (QED) is 0.476. The average molecular weight is 486 g/mol. The van der Waals surface area contributed by atoms with Gasteiger partial charge in [0.25, 0.3) is 0 Å². The van der Waals surface area contributed by atoms with E-state index >= 15 is 0 Å². The third-order valence-electron chi connectivity index (χ3n) is 5.52. The number of hydrogen-bond donors (Lipinski definition) is 1. The fraction of sp³-hybridized carbons (Fsp3) is 0.375. The minimum absolute atomic E-state index is 0.0477. The largest absolute Gasteiger partial charge is 0.378 e. The Bertz CT molecular complexity index is 1080. The third kappa shape index (κ3) is 5.88. The summed E-state index contributed by atoms with van der Waals surface area (Å²) in [7, 11) is 0. The number of nitrogens with one attached hydrogen (secondary N) is 1. The van der Waals surface area contributed by atoms with Crippen molar-refractivity contribution < 1.29 is 9.53 Å². The first-order valence-electron chi connectivity index (χ1n) is 11.1. The number of anilines is 1. The number of amides is 1. The highest BCUT2D eigenvalue weighted by atomic mass is 35.5. The highest BCUT2D eigenvalue weighted by molar-refractivity contribution is 7.99. The average Bonchev–Trinajstić information content (AvgIpc) is 3.26. The van der Waals surface area contributed by atoms with Crippen molar-refractivity contribution in [3.63, 3.8) is 0 Å². The summed E-state index contributed by atoms with van der Waals surface area (Å²) in [5.74, 6) is 0.977. The molecule has 1 unspecified atom stereocenters. The van der Waals surface area contributed by atoms with Crippen LogP contribution < -0.4 is 10.2 Å². The van der Waals surface area contributed by atoms with E-state index in [1.807, 2.05) is 41.0 Å². The maximum absolute atomic E-state index is 12.8. The molecule has 1 atom stereocenters. The number of thioether (sulfide) groups is 1. The summed E-state index contributed by atoms with van der Waals surface area (Å²) in [5.41, 5.74) is 3.17. The van der Waals surface area contributed by atoms with Gasteiger partial charge in [0.2, 0.25) is 11.9 Å². The number of aryl methyl sites for hydroxylation is 1. The first-order chi connectivity index (χ1) is 16.0. The number of morpholine rings is 1. The van der Waals surface area contributed by atoms with E-state index in [2.05, 4.69) is 46.4 Å². The van der Waals surface area contributed by atoms with E-state index in [0.717, 1.165) is 42.3 Å². The van der Waals surface area contributed by atoms with E-state index in [-0.39, 0.29) is 17.7 Å². The van der Waals surface area contributed by atoms with E-state index in [9.17, 15) is 4.79 Å². The highest BCUT2D eigenvalue weighted by Gasteiger charge is 2.23. The Balaban J connectivity index is 1.50. The predicted octanol–water partition coefficient (Wildman–Crippen LogP) is 4.43. The number of aromatic nitrogens is 3. The van der Waals surface area contributed by atoms with Gasteiger partial charge in [-0.3, -0.25) is 9.36 Å². The Kier molecular flexibility index (Phi) is 7.90. The molecular formula is C24H28ClN5O2S. The van der Waals surface area contributed by atoms with Gasteiger partial charge in [0.1, 0.15) is 0 Å². The Labute approximate surface area is 203 Å². The molecule has 1 fully saturated rings. The lowest BCUT2D eigenvalue weighted by Crippen LogP contribution is -2.37. The molecule has 1 N–H and O–H groups in total. The summed E-state index contributed by atoms with van der Waals surface area (Å²) in [5, 5.41) is 13.4. The molecule has 174 valence electrons. The van der Waals surface area contributed by atoms with Gasteiger partial charge in [0, 0.05) is 18.1 Å². The molecule has 9 heteroatoms. The van der Waals surface area contributed by atoms with Gasteiger partial charge in [-0.05, 0) is 48.7 Å². The van der Waals surface area contributed by atoms with Crippen LogP contribution in [0.4, 0.5) is 5.95 Å². The van der Waals surface area contributed by atoms with Crippen molar-refractivity contribution in [3.05, 3.63) is 64.7 Å². The lowest BCUT2D eigenvalue weighted by molar-refractivity contribution is -0.119. The summed E-state index contributed by atoms with van der Waals surface area (Å²) in [4.78, 5) is 15.0. The van der Waals surface area contributed by atoms with Gasteiger partial charge in [-0.2, -0.15) is 0 Å². The maximum Gasteiger partial charge on any atom is 0.232 e. The fourth-order valence-corrected chi connectivity index (χ4v) is 4.68. The molecular weight excluding hydrogens is 458 g/mol. The summed E-state index contributed by atoms with van der Waals surface area (Å²) < 4.78 is 7.53. The van der Waals surface area contributed by atoms with Crippen LogP contribution in [-0.2, 0) is 9.53 Å². The molecule has 2 aromatic carbocycles. The number of carbonyl (C=O) groups is 1.